The van der Waals surface area contributed by atoms with Gasteiger partial charge in [-0.3, -0.25) is 4.79 Å². The monoisotopic (exact) mass is 259 g/mol. The number of carbonyl (C=O) groups excluding carboxylic acids is 1. The second kappa shape index (κ2) is 4.07. The summed E-state index contributed by atoms with van der Waals surface area (Å²) in [5, 5.41) is 0.470. The van der Waals surface area contributed by atoms with E-state index in [9.17, 15) is 13.2 Å². The Morgan fingerprint density at radius 3 is 2.56 bits per heavy atom. The van der Waals surface area contributed by atoms with Crippen molar-refractivity contribution < 1.29 is 13.2 Å². The highest BCUT2D eigenvalue weighted by atomic mass is 35.5. The first-order chi connectivity index (χ1) is 7.50. The minimum absolute atomic E-state index is 0.0286. The Hall–Kier alpha value is -1.07. The molecule has 0 aromatic heterocycles. The standard InChI is InChI=1S/C10H10ClNO3S/c11-9-4-2-1-3-8(9)7-12-10(13)5-6-16(12,14)15/h1-4H,5-7H2. The Morgan fingerprint density at radius 1 is 1.31 bits per heavy atom. The van der Waals surface area contributed by atoms with E-state index in [0.717, 1.165) is 4.31 Å². The molecule has 0 atom stereocenters. The lowest BCUT2D eigenvalue weighted by molar-refractivity contribution is -0.125. The summed E-state index contributed by atoms with van der Waals surface area (Å²) in [5.41, 5.74) is 0.642. The summed E-state index contributed by atoms with van der Waals surface area (Å²) in [7, 11) is -3.43. The van der Waals surface area contributed by atoms with E-state index in [2.05, 4.69) is 0 Å². The van der Waals surface area contributed by atoms with Gasteiger partial charge in [-0.05, 0) is 11.6 Å². The molecule has 1 aliphatic heterocycles. The Balaban J connectivity index is 2.29. The quantitative estimate of drug-likeness (QED) is 0.807. The number of benzene rings is 1. The first-order valence-corrected chi connectivity index (χ1v) is 6.76. The van der Waals surface area contributed by atoms with E-state index in [0.29, 0.717) is 10.6 Å². The largest absolute Gasteiger partial charge is 0.274 e. The molecule has 6 heteroatoms. The number of amides is 1. The lowest BCUT2D eigenvalue weighted by Crippen LogP contribution is -2.29. The Kier molecular flexibility index (Phi) is 2.90. The third-order valence-electron chi connectivity index (χ3n) is 2.46. The van der Waals surface area contributed by atoms with Crippen LogP contribution in [0.5, 0.6) is 0 Å². The van der Waals surface area contributed by atoms with Crippen LogP contribution in [0.15, 0.2) is 24.3 Å². The molecule has 0 N–H and O–H groups in total. The lowest BCUT2D eigenvalue weighted by Gasteiger charge is -2.15. The average molecular weight is 260 g/mol. The number of nitrogens with zero attached hydrogens (tertiary/aromatic N) is 1. The molecule has 0 spiro atoms. The second-order valence-corrected chi connectivity index (χ2v) is 5.98. The van der Waals surface area contributed by atoms with Crippen LogP contribution in [0.4, 0.5) is 0 Å². The first-order valence-electron chi connectivity index (χ1n) is 4.77. The maximum absolute atomic E-state index is 11.5. The zero-order valence-corrected chi connectivity index (χ0v) is 9.96. The predicted octanol–water partition coefficient (Wildman–Crippen LogP) is 1.40. The van der Waals surface area contributed by atoms with Crippen molar-refractivity contribution in [3.05, 3.63) is 34.9 Å². The number of sulfonamides is 1. The Bertz CT molecular complexity index is 527. The lowest BCUT2D eigenvalue weighted by atomic mass is 10.2. The SMILES string of the molecule is O=C1CCS(=O)(=O)N1Cc1ccccc1Cl. The van der Waals surface area contributed by atoms with Crippen molar-refractivity contribution in [3.63, 3.8) is 0 Å². The third-order valence-corrected chi connectivity index (χ3v) is 4.55. The third kappa shape index (κ3) is 2.05. The topological polar surface area (TPSA) is 54.5 Å². The van der Waals surface area contributed by atoms with Crippen LogP contribution in [0.3, 0.4) is 0 Å². The number of rotatable bonds is 2. The molecule has 1 amide bonds. The molecule has 4 nitrogen and oxygen atoms in total. The van der Waals surface area contributed by atoms with Gasteiger partial charge >= 0.3 is 0 Å². The minimum atomic E-state index is -3.43. The van der Waals surface area contributed by atoms with E-state index in [1.165, 1.54) is 0 Å². The summed E-state index contributed by atoms with van der Waals surface area (Å²) in [6.07, 6.45) is 0.0623. The Morgan fingerprint density at radius 2 is 2.00 bits per heavy atom. The van der Waals surface area contributed by atoms with E-state index >= 15 is 0 Å². The van der Waals surface area contributed by atoms with Gasteiger partial charge in [0.2, 0.25) is 15.9 Å². The molecule has 86 valence electrons. The fourth-order valence-electron chi connectivity index (χ4n) is 1.57. The van der Waals surface area contributed by atoms with E-state index in [4.69, 9.17) is 11.6 Å². The van der Waals surface area contributed by atoms with Gasteiger partial charge in [-0.25, -0.2) is 12.7 Å². The summed E-state index contributed by atoms with van der Waals surface area (Å²) in [4.78, 5) is 11.4. The van der Waals surface area contributed by atoms with E-state index < -0.39 is 10.0 Å². The molecule has 1 fully saturated rings. The van der Waals surface area contributed by atoms with Crippen LogP contribution >= 0.6 is 11.6 Å². The molecule has 16 heavy (non-hydrogen) atoms. The zero-order valence-electron chi connectivity index (χ0n) is 8.39. The van der Waals surface area contributed by atoms with Crippen molar-refractivity contribution in [2.75, 3.05) is 5.75 Å². The fourth-order valence-corrected chi connectivity index (χ4v) is 3.16. The Labute approximate surface area is 98.9 Å². The van der Waals surface area contributed by atoms with E-state index in [-0.39, 0.29) is 24.6 Å². The smallest absolute Gasteiger partial charge is 0.238 e. The highest BCUT2D eigenvalue weighted by molar-refractivity contribution is 7.90. The molecule has 1 heterocycles. The summed E-state index contributed by atoms with van der Waals surface area (Å²) in [6, 6.07) is 6.90. The van der Waals surface area contributed by atoms with Gasteiger partial charge in [0, 0.05) is 11.4 Å². The fraction of sp³-hybridized carbons (Fsp3) is 0.300. The van der Waals surface area contributed by atoms with E-state index in [1.54, 1.807) is 24.3 Å². The van der Waals surface area contributed by atoms with Crippen molar-refractivity contribution >= 4 is 27.5 Å². The van der Waals surface area contributed by atoms with Crippen molar-refractivity contribution in [3.8, 4) is 0 Å². The maximum Gasteiger partial charge on any atom is 0.238 e. The van der Waals surface area contributed by atoms with Gasteiger partial charge in [0.05, 0.1) is 12.3 Å². The minimum Gasteiger partial charge on any atom is -0.274 e. The van der Waals surface area contributed by atoms with Gasteiger partial charge in [0.15, 0.2) is 0 Å². The van der Waals surface area contributed by atoms with Gasteiger partial charge < -0.3 is 0 Å². The first kappa shape index (κ1) is 11.4. The molecule has 0 unspecified atom stereocenters. The highest BCUT2D eigenvalue weighted by Gasteiger charge is 2.34. The van der Waals surface area contributed by atoms with Crippen LogP contribution in [0.2, 0.25) is 5.02 Å². The molecular formula is C10H10ClNO3S. The highest BCUT2D eigenvalue weighted by Crippen LogP contribution is 2.22. The van der Waals surface area contributed by atoms with Crippen LogP contribution in [-0.4, -0.2) is 24.4 Å². The normalized spacial score (nSPS) is 19.1. The van der Waals surface area contributed by atoms with Gasteiger partial charge in [0.1, 0.15) is 0 Å². The number of hydrogen-bond acceptors (Lipinski definition) is 3. The van der Waals surface area contributed by atoms with Crippen LogP contribution in [0.25, 0.3) is 0 Å². The second-order valence-electron chi connectivity index (χ2n) is 3.56. The van der Waals surface area contributed by atoms with Crippen LogP contribution in [-0.2, 0) is 21.4 Å². The maximum atomic E-state index is 11.5. The summed E-state index contributed by atoms with van der Waals surface area (Å²) < 4.78 is 24.0. The summed E-state index contributed by atoms with van der Waals surface area (Å²) in [6.45, 7) is 0.0286. The van der Waals surface area contributed by atoms with Gasteiger partial charge in [-0.15, -0.1) is 0 Å². The molecule has 2 rings (SSSR count). The van der Waals surface area contributed by atoms with Crippen molar-refractivity contribution in [1.29, 1.82) is 0 Å². The summed E-state index contributed by atoms with van der Waals surface area (Å²) >= 11 is 5.91. The molecular weight excluding hydrogens is 250 g/mol. The molecule has 1 saturated heterocycles. The predicted molar refractivity (Wildman–Crippen MR) is 60.4 cm³/mol. The molecule has 1 aromatic rings. The molecule has 0 aliphatic carbocycles. The van der Waals surface area contributed by atoms with Gasteiger partial charge in [0.25, 0.3) is 0 Å². The number of carbonyl (C=O) groups is 1. The number of hydrogen-bond donors (Lipinski definition) is 0. The van der Waals surface area contributed by atoms with Gasteiger partial charge in [-0.1, -0.05) is 29.8 Å². The van der Waals surface area contributed by atoms with Crippen molar-refractivity contribution in [1.82, 2.24) is 4.31 Å². The van der Waals surface area contributed by atoms with Crippen LogP contribution in [0.1, 0.15) is 12.0 Å². The number of halogens is 1. The van der Waals surface area contributed by atoms with E-state index in [1.807, 2.05) is 0 Å². The molecule has 0 radical (unpaired) electrons. The zero-order chi connectivity index (χ0) is 11.8. The molecule has 0 bridgehead atoms. The molecule has 1 aromatic carbocycles. The average Bonchev–Trinajstić information content (AvgIpc) is 2.48. The van der Waals surface area contributed by atoms with Crippen LogP contribution < -0.4 is 0 Å². The molecule has 0 saturated carbocycles. The van der Waals surface area contributed by atoms with Crippen LogP contribution in [0, 0.1) is 0 Å². The van der Waals surface area contributed by atoms with Crippen molar-refractivity contribution in [2.24, 2.45) is 0 Å². The summed E-state index contributed by atoms with van der Waals surface area (Å²) in [5.74, 6) is -0.462. The van der Waals surface area contributed by atoms with Crippen molar-refractivity contribution in [2.45, 2.75) is 13.0 Å². The molecule has 1 aliphatic rings. The van der Waals surface area contributed by atoms with Gasteiger partial charge in [-0.2, -0.15) is 0 Å².